The largest absolute Gasteiger partial charge is 0.207 e. The van der Waals surface area contributed by atoms with Crippen LogP contribution >= 0.6 is 0 Å². The zero-order valence-corrected chi connectivity index (χ0v) is 33.8. The van der Waals surface area contributed by atoms with Gasteiger partial charge in [-0.05, 0) is 24.3 Å². The highest BCUT2D eigenvalue weighted by molar-refractivity contribution is 7.20. The van der Waals surface area contributed by atoms with E-state index in [1.165, 1.54) is 48.4 Å². The fourth-order valence-corrected chi connectivity index (χ4v) is 8.90. The van der Waals surface area contributed by atoms with Crippen molar-refractivity contribution in [2.24, 2.45) is 0 Å². The molecule has 0 unspecified atom stereocenters. The van der Waals surface area contributed by atoms with Gasteiger partial charge in [-0.1, -0.05) is 67.8 Å². The molecule has 1 aliphatic carbocycles. The van der Waals surface area contributed by atoms with Crippen LogP contribution in [0.2, 0.25) is 0 Å². The van der Waals surface area contributed by atoms with E-state index in [2.05, 4.69) is 71.4 Å². The first-order valence-electron chi connectivity index (χ1n) is 19.8. The Balaban J connectivity index is 0.000000246. The van der Waals surface area contributed by atoms with Crippen LogP contribution in [0.1, 0.15) is 49.3 Å². The summed E-state index contributed by atoms with van der Waals surface area (Å²) in [5, 5.41) is 2.82. The molecule has 8 rings (SSSR count). The van der Waals surface area contributed by atoms with Crippen molar-refractivity contribution in [2.45, 2.75) is 44.6 Å². The molecule has 68 heavy (non-hydrogen) atoms. The number of pyridine rings is 1. The third-order valence-electron chi connectivity index (χ3n) is 11.9. The van der Waals surface area contributed by atoms with Crippen LogP contribution in [-0.2, 0) is 6.54 Å². The number of hydrogen-bond acceptors (Lipinski definition) is 0. The van der Waals surface area contributed by atoms with Gasteiger partial charge in [-0.15, -0.1) is 21.9 Å². The van der Waals surface area contributed by atoms with Crippen LogP contribution in [0.15, 0.2) is 66.9 Å². The molecule has 0 spiro atoms. The lowest BCUT2D eigenvalue weighted by molar-refractivity contribution is -0.695. The Labute approximate surface area is 369 Å². The van der Waals surface area contributed by atoms with Crippen LogP contribution in [0, 0.1) is 116 Å². The van der Waals surface area contributed by atoms with E-state index in [9.17, 15) is 52.7 Å². The highest BCUT2D eigenvalue weighted by Gasteiger charge is 2.52. The Bertz CT molecular complexity index is 2760. The summed E-state index contributed by atoms with van der Waals surface area (Å²) < 4.78 is 296. The molecule has 1 heterocycles. The fraction of sp³-hybridized carbons (Fsp3) is 0.152. The van der Waals surface area contributed by atoms with E-state index >= 15 is 35.1 Å². The molecule has 0 N–H and O–H groups in total. The van der Waals surface area contributed by atoms with Gasteiger partial charge in [0.15, 0.2) is 88.2 Å². The quantitative estimate of drug-likeness (QED) is 0.0493. The second-order valence-corrected chi connectivity index (χ2v) is 15.5. The lowest BCUT2D eigenvalue weighted by atomic mass is 9.12. The van der Waals surface area contributed by atoms with Gasteiger partial charge >= 0.3 is 0 Å². The molecule has 0 bridgehead atoms. The van der Waals surface area contributed by atoms with E-state index in [1.807, 2.05) is 0 Å². The monoisotopic (exact) mass is 981 g/mol. The van der Waals surface area contributed by atoms with Crippen molar-refractivity contribution < 1.29 is 92.4 Å². The van der Waals surface area contributed by atoms with Gasteiger partial charge in [0.2, 0.25) is 0 Å². The van der Waals surface area contributed by atoms with Gasteiger partial charge in [0, 0.05) is 22.9 Å². The first kappa shape index (κ1) is 49.3. The first-order valence-corrected chi connectivity index (χ1v) is 19.8. The molecule has 1 fully saturated rings. The third kappa shape index (κ3) is 7.78. The molecular weight excluding hydrogens is 957 g/mol. The van der Waals surface area contributed by atoms with Crippen molar-refractivity contribution in [1.82, 2.24) is 0 Å². The first-order chi connectivity index (χ1) is 32.1. The highest BCUT2D eigenvalue weighted by Crippen LogP contribution is 2.35. The Kier molecular flexibility index (Phi) is 13.6. The van der Waals surface area contributed by atoms with Gasteiger partial charge in [-0.2, -0.15) is 4.57 Å². The summed E-state index contributed by atoms with van der Waals surface area (Å²) in [6.07, 6.45) is 1.90. The van der Waals surface area contributed by atoms with Gasteiger partial charge in [-0.3, -0.25) is 0 Å². The van der Waals surface area contributed by atoms with Gasteiger partial charge < -0.3 is 0 Å². The van der Waals surface area contributed by atoms with Crippen molar-refractivity contribution in [3.8, 4) is 0 Å². The normalized spacial score (nSPS) is 13.3. The Morgan fingerprint density at radius 1 is 0.353 bits per heavy atom. The predicted octanol–water partition coefficient (Wildman–Crippen LogP) is 11.1. The Hall–Kier alpha value is -6.61. The average molecular weight is 981 g/mol. The molecule has 7 aromatic rings. The number of hydrogen-bond donors (Lipinski definition) is 0. The highest BCUT2D eigenvalue weighted by atomic mass is 19.2. The van der Waals surface area contributed by atoms with E-state index in [1.54, 1.807) is 5.69 Å². The molecule has 0 radical (unpaired) electrons. The molecule has 0 aliphatic heterocycles. The van der Waals surface area contributed by atoms with E-state index in [-0.39, 0.29) is 0 Å². The van der Waals surface area contributed by atoms with Gasteiger partial charge in [0.1, 0.15) is 52.7 Å². The standard InChI is InChI=1S/C24BF20.C22H24N/c26-5-1(6(27)14(35)21(42)13(5)34)25(2-7(28)15(36)22(43)16(37)8(2)29,3-9(30)17(38)23(44)18(39)10(3)31)4-11(32)19(40)24(45)20(41)12(4)33;1-3-9-18(10-4-1)17-23-16-15-19-11-7-8-14-21(19)22(23)20-12-5-2-6-13-20/h;1,3-4,7-11,14-16,20H,2,5-6,12-13,17H2/q-1;+1. The van der Waals surface area contributed by atoms with Gasteiger partial charge in [0.05, 0.1) is 0 Å². The fourth-order valence-electron chi connectivity index (χ4n) is 8.90. The summed E-state index contributed by atoms with van der Waals surface area (Å²) in [6.45, 7) is 0.970. The number of nitrogens with zero attached hydrogens (tertiary/aromatic N) is 1. The van der Waals surface area contributed by atoms with Crippen LogP contribution < -0.4 is 26.4 Å². The molecule has 1 aromatic heterocycles. The number of fused-ring (bicyclic) bond motifs is 1. The van der Waals surface area contributed by atoms with Crippen molar-refractivity contribution in [1.29, 1.82) is 0 Å². The van der Waals surface area contributed by atoms with Crippen LogP contribution in [0.3, 0.4) is 0 Å². The summed E-state index contributed by atoms with van der Waals surface area (Å²) in [7, 11) is 0. The van der Waals surface area contributed by atoms with Gasteiger partial charge in [0.25, 0.3) is 0 Å². The van der Waals surface area contributed by atoms with Crippen molar-refractivity contribution in [2.75, 3.05) is 0 Å². The molecule has 356 valence electrons. The van der Waals surface area contributed by atoms with Crippen LogP contribution in [0.5, 0.6) is 0 Å². The minimum Gasteiger partial charge on any atom is -0.207 e. The Morgan fingerprint density at radius 3 is 1.01 bits per heavy atom. The molecule has 1 aliphatic rings. The van der Waals surface area contributed by atoms with E-state index in [0.29, 0.717) is 5.92 Å². The summed E-state index contributed by atoms with van der Waals surface area (Å²) in [4.78, 5) is 0. The topological polar surface area (TPSA) is 3.88 Å². The maximum atomic E-state index is 15.4. The smallest absolute Gasteiger partial charge is 0.200 e. The van der Waals surface area contributed by atoms with Crippen molar-refractivity contribution in [3.63, 3.8) is 0 Å². The summed E-state index contributed by atoms with van der Waals surface area (Å²) in [5.74, 6) is -70.7. The van der Waals surface area contributed by atoms with Crippen LogP contribution in [0.25, 0.3) is 10.8 Å². The second-order valence-electron chi connectivity index (χ2n) is 15.5. The lowest BCUT2D eigenvalue weighted by Gasteiger charge is -2.44. The van der Waals surface area contributed by atoms with E-state index < -0.39 is 144 Å². The van der Waals surface area contributed by atoms with Crippen LogP contribution in [-0.4, -0.2) is 6.15 Å². The Morgan fingerprint density at radius 2 is 0.662 bits per heavy atom. The molecule has 0 amide bonds. The second kappa shape index (κ2) is 18.8. The minimum absolute atomic E-state index is 0.707. The number of aromatic nitrogens is 1. The molecule has 0 atom stereocenters. The molecular formula is C46H24BF20N. The average Bonchev–Trinajstić information content (AvgIpc) is 3.34. The minimum atomic E-state index is -7.22. The number of halogens is 20. The summed E-state index contributed by atoms with van der Waals surface area (Å²) in [5.41, 5.74) is -11.4. The number of benzene rings is 6. The molecule has 1 saturated carbocycles. The molecule has 1 nitrogen and oxygen atoms in total. The molecule has 6 aromatic carbocycles. The van der Waals surface area contributed by atoms with Crippen LogP contribution in [0.4, 0.5) is 87.8 Å². The van der Waals surface area contributed by atoms with Crippen molar-refractivity contribution >= 4 is 38.8 Å². The van der Waals surface area contributed by atoms with E-state index in [0.717, 1.165) is 6.54 Å². The SMILES string of the molecule is Fc1c(F)c(F)c([B-](c2c(F)c(F)c(F)c(F)c2F)(c2c(F)c(F)c(F)c(F)c2F)c2c(F)c(F)c(F)c(F)c2F)c(F)c1F.c1ccc(C[n+]2ccc3ccccc3c2C2CCCCC2)cc1. The maximum absolute atomic E-state index is 15.4. The number of rotatable bonds is 7. The summed E-state index contributed by atoms with van der Waals surface area (Å²) >= 11 is 0. The third-order valence-corrected chi connectivity index (χ3v) is 11.9. The molecule has 22 heteroatoms. The summed E-state index contributed by atoms with van der Waals surface area (Å²) in [6, 6.07) is 22.0. The van der Waals surface area contributed by atoms with Crippen molar-refractivity contribution in [3.05, 3.63) is 194 Å². The predicted molar refractivity (Wildman–Crippen MR) is 205 cm³/mol. The van der Waals surface area contributed by atoms with E-state index in [4.69, 9.17) is 0 Å². The lowest BCUT2D eigenvalue weighted by Crippen LogP contribution is -2.81. The zero-order chi connectivity index (χ0) is 49.8. The van der Waals surface area contributed by atoms with Gasteiger partial charge in [-0.25, -0.2) is 87.8 Å². The molecule has 0 saturated heterocycles. The zero-order valence-electron chi connectivity index (χ0n) is 33.8. The maximum Gasteiger partial charge on any atom is 0.200 e.